The van der Waals surface area contributed by atoms with Crippen molar-refractivity contribution in [1.82, 2.24) is 5.32 Å². The highest BCUT2D eigenvalue weighted by molar-refractivity contribution is 7.23. The van der Waals surface area contributed by atoms with E-state index in [-0.39, 0.29) is 21.7 Å². The van der Waals surface area contributed by atoms with Gasteiger partial charge in [0.1, 0.15) is 17.4 Å². The number of cyclic esters (lactones) is 1. The molecule has 1 amide bonds. The van der Waals surface area contributed by atoms with Crippen molar-refractivity contribution in [3.63, 3.8) is 0 Å². The lowest BCUT2D eigenvalue weighted by Crippen LogP contribution is -2.45. The number of hydrogen-bond acceptors (Lipinski definition) is 4. The van der Waals surface area contributed by atoms with Gasteiger partial charge in [0.2, 0.25) is 0 Å². The van der Waals surface area contributed by atoms with Crippen LogP contribution in [-0.4, -0.2) is 31.3 Å². The number of amides is 1. The van der Waals surface area contributed by atoms with Crippen LogP contribution >= 0.6 is 22.9 Å². The molecule has 1 unspecified atom stereocenters. The van der Waals surface area contributed by atoms with E-state index in [1.54, 1.807) is 0 Å². The third-order valence-electron chi connectivity index (χ3n) is 4.48. The van der Waals surface area contributed by atoms with Gasteiger partial charge in [0.25, 0.3) is 0 Å². The van der Waals surface area contributed by atoms with Gasteiger partial charge in [-0.2, -0.15) is 13.2 Å². The fraction of sp³-hybridized carbons (Fsp3) is 0.400. The van der Waals surface area contributed by atoms with E-state index in [2.05, 4.69) is 5.32 Å². The second-order valence-electron chi connectivity index (χ2n) is 6.20. The molecule has 1 spiro atoms. The number of carbonyl (C=O) groups is 1. The van der Waals surface area contributed by atoms with E-state index in [4.69, 9.17) is 16.3 Å². The minimum absolute atomic E-state index is 0.0117. The topological polar surface area (TPSA) is 41.6 Å². The lowest BCUT2D eigenvalue weighted by atomic mass is 10.0. The van der Waals surface area contributed by atoms with Crippen LogP contribution in [0, 0.1) is 5.82 Å². The molecule has 1 aromatic heterocycles. The number of nitrogens with zero attached hydrogens (tertiary/aromatic N) is 1. The van der Waals surface area contributed by atoms with Crippen LogP contribution in [0.1, 0.15) is 12.0 Å². The van der Waals surface area contributed by atoms with Crippen molar-refractivity contribution < 1.29 is 27.1 Å². The Balaban J connectivity index is 1.73. The fourth-order valence-corrected chi connectivity index (χ4v) is 4.91. The summed E-state index contributed by atoms with van der Waals surface area (Å²) < 4.78 is 57.9. The smallest absolute Gasteiger partial charge is 0.416 e. The maximum Gasteiger partial charge on any atom is 0.416 e. The summed E-state index contributed by atoms with van der Waals surface area (Å²) in [5.74, 6) is -0.997. The lowest BCUT2D eigenvalue weighted by Gasteiger charge is -2.21. The average molecular weight is 395 g/mol. The van der Waals surface area contributed by atoms with Gasteiger partial charge in [-0.25, -0.2) is 9.18 Å². The van der Waals surface area contributed by atoms with Crippen LogP contribution in [0.3, 0.4) is 0 Å². The maximum absolute atomic E-state index is 14.2. The highest BCUT2D eigenvalue weighted by Crippen LogP contribution is 2.46. The summed E-state index contributed by atoms with van der Waals surface area (Å²) in [6.07, 6.45) is -4.51. The normalized spacial score (nSPS) is 23.6. The Kier molecular flexibility index (Phi) is 3.59. The molecular formula is C15H11ClF4N2O2S. The summed E-state index contributed by atoms with van der Waals surface area (Å²) in [6.45, 7) is 1.15. The molecule has 2 aliphatic rings. The number of fused-ring (bicyclic) bond motifs is 1. The molecule has 1 atom stereocenters. The van der Waals surface area contributed by atoms with Crippen molar-refractivity contribution in [2.75, 3.05) is 24.6 Å². The van der Waals surface area contributed by atoms with Crippen molar-refractivity contribution in [3.05, 3.63) is 28.5 Å². The Morgan fingerprint density at radius 3 is 2.76 bits per heavy atom. The predicted molar refractivity (Wildman–Crippen MR) is 85.8 cm³/mol. The number of alkyl halides is 3. The van der Waals surface area contributed by atoms with Gasteiger partial charge in [0.05, 0.1) is 16.1 Å². The molecule has 25 heavy (non-hydrogen) atoms. The summed E-state index contributed by atoms with van der Waals surface area (Å²) in [5.41, 5.74) is -1.58. The number of thiophene rings is 1. The number of halogens is 5. The molecule has 1 N–H and O–H groups in total. The second-order valence-corrected chi connectivity index (χ2v) is 7.61. The van der Waals surface area contributed by atoms with E-state index in [0.29, 0.717) is 30.6 Å². The molecule has 3 heterocycles. The zero-order chi connectivity index (χ0) is 18.0. The molecule has 2 fully saturated rings. The monoisotopic (exact) mass is 394 g/mol. The number of hydrogen-bond donors (Lipinski definition) is 1. The summed E-state index contributed by atoms with van der Waals surface area (Å²) >= 11 is 7.27. The SMILES string of the molecule is O=C1NC2(CCN(c3sc4cc(C(F)(F)F)cc(F)c4c3Cl)C2)CO1. The second kappa shape index (κ2) is 5.38. The number of anilines is 1. The van der Waals surface area contributed by atoms with E-state index >= 15 is 0 Å². The van der Waals surface area contributed by atoms with Crippen LogP contribution in [-0.2, 0) is 10.9 Å². The quantitative estimate of drug-likeness (QED) is 0.729. The van der Waals surface area contributed by atoms with Crippen molar-refractivity contribution in [1.29, 1.82) is 0 Å². The summed E-state index contributed by atoms with van der Waals surface area (Å²) in [6, 6.07) is 1.37. The van der Waals surface area contributed by atoms with E-state index < -0.39 is 29.2 Å². The maximum atomic E-state index is 14.2. The van der Waals surface area contributed by atoms with Crippen LogP contribution in [0.15, 0.2) is 12.1 Å². The minimum atomic E-state index is -4.63. The molecule has 134 valence electrons. The molecule has 2 aromatic rings. The number of alkyl carbamates (subject to hydrolysis) is 1. The van der Waals surface area contributed by atoms with Crippen molar-refractivity contribution in [2.24, 2.45) is 0 Å². The lowest BCUT2D eigenvalue weighted by molar-refractivity contribution is -0.137. The molecule has 0 aliphatic carbocycles. The third kappa shape index (κ3) is 2.69. The predicted octanol–water partition coefficient (Wildman–Crippen LogP) is 4.40. The Labute approximate surface area is 148 Å². The number of carbonyl (C=O) groups excluding carboxylic acids is 1. The van der Waals surface area contributed by atoms with E-state index in [0.717, 1.165) is 17.4 Å². The number of ether oxygens (including phenoxy) is 1. The first kappa shape index (κ1) is 16.7. The van der Waals surface area contributed by atoms with Crippen LogP contribution in [0.4, 0.5) is 27.4 Å². The highest BCUT2D eigenvalue weighted by Gasteiger charge is 2.46. The Hall–Kier alpha value is -1.74. The van der Waals surface area contributed by atoms with Crippen molar-refractivity contribution >= 4 is 44.1 Å². The number of benzene rings is 1. The van der Waals surface area contributed by atoms with Crippen molar-refractivity contribution in [3.8, 4) is 0 Å². The summed E-state index contributed by atoms with van der Waals surface area (Å²) in [5, 5.41) is 3.33. The Morgan fingerprint density at radius 2 is 2.12 bits per heavy atom. The Morgan fingerprint density at radius 1 is 1.36 bits per heavy atom. The standard InChI is InChI=1S/C15H11ClF4N2O2S/c16-11-10-8(17)3-7(15(18,19)20)4-9(10)25-12(11)22-2-1-14(5-22)6-24-13(23)21-14/h3-4H,1-2,5-6H2,(H,21,23). The van der Waals surface area contributed by atoms with Crippen LogP contribution in [0.2, 0.25) is 5.02 Å². The van der Waals surface area contributed by atoms with Crippen LogP contribution in [0.5, 0.6) is 0 Å². The fourth-order valence-electron chi connectivity index (χ4n) is 3.26. The van der Waals surface area contributed by atoms with E-state index in [9.17, 15) is 22.4 Å². The van der Waals surface area contributed by atoms with Gasteiger partial charge in [-0.1, -0.05) is 11.6 Å². The van der Waals surface area contributed by atoms with Crippen LogP contribution < -0.4 is 10.2 Å². The molecular weight excluding hydrogens is 384 g/mol. The zero-order valence-electron chi connectivity index (χ0n) is 12.5. The van der Waals surface area contributed by atoms with Gasteiger partial charge in [-0.05, 0) is 18.6 Å². The number of rotatable bonds is 1. The summed E-state index contributed by atoms with van der Waals surface area (Å²) in [7, 11) is 0. The summed E-state index contributed by atoms with van der Waals surface area (Å²) in [4.78, 5) is 13.1. The molecule has 0 bridgehead atoms. The molecule has 10 heteroatoms. The first-order valence-corrected chi connectivity index (χ1v) is 8.57. The molecule has 4 nitrogen and oxygen atoms in total. The number of nitrogens with one attached hydrogen (secondary N) is 1. The molecule has 4 rings (SSSR count). The van der Waals surface area contributed by atoms with Gasteiger partial charge < -0.3 is 15.0 Å². The van der Waals surface area contributed by atoms with Gasteiger partial charge in [0.15, 0.2) is 0 Å². The first-order chi connectivity index (χ1) is 11.7. The van der Waals surface area contributed by atoms with E-state index in [1.807, 2.05) is 4.90 Å². The first-order valence-electron chi connectivity index (χ1n) is 7.37. The van der Waals surface area contributed by atoms with Gasteiger partial charge in [-0.3, -0.25) is 0 Å². The molecule has 0 saturated carbocycles. The van der Waals surface area contributed by atoms with E-state index in [1.165, 1.54) is 0 Å². The van der Waals surface area contributed by atoms with Crippen LogP contribution in [0.25, 0.3) is 10.1 Å². The molecule has 0 radical (unpaired) electrons. The molecule has 1 aromatic carbocycles. The highest BCUT2D eigenvalue weighted by atomic mass is 35.5. The average Bonchev–Trinajstić information content (AvgIpc) is 3.18. The zero-order valence-corrected chi connectivity index (χ0v) is 14.1. The molecule has 2 aliphatic heterocycles. The van der Waals surface area contributed by atoms with Gasteiger partial charge in [0, 0.05) is 23.2 Å². The third-order valence-corrected chi connectivity index (χ3v) is 6.16. The largest absolute Gasteiger partial charge is 0.447 e. The Bertz CT molecular complexity index is 885. The van der Waals surface area contributed by atoms with Crippen molar-refractivity contribution in [2.45, 2.75) is 18.1 Å². The van der Waals surface area contributed by atoms with Gasteiger partial charge in [-0.15, -0.1) is 11.3 Å². The molecule has 2 saturated heterocycles. The minimum Gasteiger partial charge on any atom is -0.447 e. The van der Waals surface area contributed by atoms with Gasteiger partial charge >= 0.3 is 12.3 Å².